The number of carbonyl (C=O) groups excluding carboxylic acids is 8. The molecule has 0 aliphatic carbocycles. The van der Waals surface area contributed by atoms with Gasteiger partial charge in [-0.25, -0.2) is 22.4 Å². The van der Waals surface area contributed by atoms with Crippen LogP contribution in [-0.2, 0) is 114 Å². The molecule has 0 atom stereocenters. The average molecular weight is 2030 g/mol. The van der Waals surface area contributed by atoms with E-state index < -0.39 is 86.0 Å². The molecule has 0 saturated heterocycles. The third-order valence-corrected chi connectivity index (χ3v) is 20.3. The molecule has 750 valence electrons. The van der Waals surface area contributed by atoms with E-state index >= 15 is 0 Å². The van der Waals surface area contributed by atoms with Crippen LogP contribution in [0.1, 0.15) is 144 Å². The van der Waals surface area contributed by atoms with Crippen molar-refractivity contribution in [3.8, 4) is 23.0 Å². The molecular weight excluding hydrogens is 1920 g/mol. The maximum Gasteiger partial charge on any atom is 0.446 e. The van der Waals surface area contributed by atoms with Crippen LogP contribution in [0.4, 0.5) is 30.7 Å². The van der Waals surface area contributed by atoms with Gasteiger partial charge in [-0.05, 0) is 121 Å². The molecule has 6 aromatic carbocycles. The van der Waals surface area contributed by atoms with Crippen LogP contribution in [0.15, 0.2) is 236 Å². The number of hydrogen-bond donors (Lipinski definition) is 3. The number of nitrogens with zero attached hydrogens (tertiary/aromatic N) is 7. The van der Waals surface area contributed by atoms with Gasteiger partial charge in [-0.2, -0.15) is 13.2 Å². The number of hydrogen-bond acceptors (Lipinski definition) is 23. The quantitative estimate of drug-likeness (QED) is 0.00829. The van der Waals surface area contributed by atoms with E-state index in [0.29, 0.717) is 71.5 Å². The van der Waals surface area contributed by atoms with Gasteiger partial charge in [-0.15, -0.1) is 0 Å². The van der Waals surface area contributed by atoms with Gasteiger partial charge in [0.1, 0.15) is 42.8 Å². The first kappa shape index (κ1) is 119. The van der Waals surface area contributed by atoms with Gasteiger partial charge in [0.2, 0.25) is 28.0 Å². The summed E-state index contributed by atoms with van der Waals surface area (Å²) in [4.78, 5) is 175. The second kappa shape index (κ2) is 59.0. The van der Waals surface area contributed by atoms with Crippen molar-refractivity contribution in [2.24, 2.45) is 5.73 Å². The molecule has 1 aliphatic rings. The molecule has 0 saturated carbocycles. The van der Waals surface area contributed by atoms with Crippen molar-refractivity contribution in [2.75, 3.05) is 67.9 Å². The Morgan fingerprint density at radius 2 is 0.806 bits per heavy atom. The van der Waals surface area contributed by atoms with Crippen LogP contribution >= 0.6 is 0 Å². The Morgan fingerprint density at radius 3 is 1.18 bits per heavy atom. The van der Waals surface area contributed by atoms with E-state index in [1.54, 1.807) is 85.2 Å². The summed E-state index contributed by atoms with van der Waals surface area (Å²) in [6.07, 6.45) is 8.60. The monoisotopic (exact) mass is 2030 g/mol. The Kier molecular flexibility index (Phi) is 50.5. The summed E-state index contributed by atoms with van der Waals surface area (Å²) in [5, 5.41) is 20.6. The number of alkyl halides is 3. The molecule has 0 fully saturated rings. The fraction of sp³-hybridized carbons (Fsp3) is 0.280. The Bertz CT molecular complexity index is 6490. The molecule has 139 heavy (non-hydrogen) atoms. The van der Waals surface area contributed by atoms with Crippen LogP contribution in [0.25, 0.3) is 11.0 Å². The first-order valence-electron chi connectivity index (χ1n) is 41.7. The smallest absolute Gasteiger partial charge is 0.446 e. The Labute approximate surface area is 812 Å². The normalized spacial score (nSPS) is 10.9. The van der Waals surface area contributed by atoms with Crippen molar-refractivity contribution in [3.05, 3.63) is 374 Å². The minimum Gasteiger partial charge on any atom is -0.503 e. The number of rotatable bonds is 35. The zero-order valence-corrected chi connectivity index (χ0v) is 77.4. The van der Waals surface area contributed by atoms with Gasteiger partial charge in [0, 0.05) is 151 Å². The number of halogens is 7. The molecule has 1 amide bonds. The number of aromatic hydroxyl groups is 2. The minimum atomic E-state index is -4.64. The summed E-state index contributed by atoms with van der Waals surface area (Å²) in [6.45, 7) is 5.23. The molecule has 1 aliphatic heterocycles. The SMILES string of the molecule is C.CCCN.COC(=O)c1c(OCc2ccccc2)c(=O)c(C(=O)CCc2ccc(F)cc2)cn1CC=O.COCCN1CCn2cc(C(=O)CCc3ccc(F)cc3)c(=O)c(O)c2C1=O.COCCn1ccn2cc(C(=O)CCc3ccc(F)cc3)c(=O)c(O)c2c1=O.COCCn1ccn2cc(C(=O)CCc3ccc(F)cc3)c(=O)c(OCc3ccccc3)c2c1=O.O=CC(F)(F)F.[BH4-].[CH3-].[CH3-].[HH].[Pd]. The molecule has 13 rings (SSSR count). The van der Waals surface area contributed by atoms with Crippen LogP contribution in [0.2, 0.25) is 0 Å². The third kappa shape index (κ3) is 34.2. The van der Waals surface area contributed by atoms with Crippen LogP contribution in [0, 0.1) is 38.1 Å². The number of aldehydes is 2. The van der Waals surface area contributed by atoms with E-state index in [9.17, 15) is 103 Å². The molecule has 30 nitrogen and oxygen atoms in total. The molecular formula is C100H113BF7N8O22Pd-3. The molecule has 4 N–H and O–H groups in total. The fourth-order valence-electron chi connectivity index (χ4n) is 13.1. The van der Waals surface area contributed by atoms with Crippen LogP contribution in [-0.4, -0.2) is 172 Å². The number of aromatic nitrogens is 6. The Balaban J connectivity index is 0.000000604. The number of fused-ring (bicyclic) bond motifs is 3. The van der Waals surface area contributed by atoms with E-state index in [1.165, 1.54) is 139 Å². The molecule has 0 spiro atoms. The summed E-state index contributed by atoms with van der Waals surface area (Å²) in [5.41, 5.74) is 4.36. The second-order valence-corrected chi connectivity index (χ2v) is 29.6. The van der Waals surface area contributed by atoms with E-state index in [2.05, 4.69) is 6.92 Å². The number of esters is 1. The third-order valence-electron chi connectivity index (χ3n) is 20.3. The van der Waals surface area contributed by atoms with Crippen LogP contribution < -0.4 is 48.0 Å². The number of ketones is 4. The molecule has 39 heteroatoms. The number of nitrogens with two attached hydrogens (primary N) is 1. The summed E-state index contributed by atoms with van der Waals surface area (Å²) in [5.74, 6) is -6.61. The maximum atomic E-state index is 13.4. The van der Waals surface area contributed by atoms with Gasteiger partial charge in [0.05, 0.1) is 55.7 Å². The van der Waals surface area contributed by atoms with E-state index in [4.69, 9.17) is 38.9 Å². The summed E-state index contributed by atoms with van der Waals surface area (Å²) < 4.78 is 123. The van der Waals surface area contributed by atoms with Crippen LogP contribution in [0.5, 0.6) is 23.0 Å². The summed E-state index contributed by atoms with van der Waals surface area (Å²) in [7, 11) is 5.70. The zero-order chi connectivity index (χ0) is 97.7. The number of amides is 1. The minimum absolute atomic E-state index is 0. The molecule has 0 bridgehead atoms. The van der Waals surface area contributed by atoms with Crippen molar-refractivity contribution >= 4 is 67.0 Å². The van der Waals surface area contributed by atoms with Crippen molar-refractivity contribution < 1.29 is 130 Å². The predicted molar refractivity (Wildman–Crippen MR) is 512 cm³/mol. The first-order chi connectivity index (χ1) is 64.2. The number of methoxy groups -OCH3 is 4. The molecule has 7 heterocycles. The molecule has 0 unspecified atom stereocenters. The number of ether oxygens (including phenoxy) is 6. The number of pyridine rings is 4. The standard InChI is InChI=1S/C27H25FN2O5.C25H22FNO6.C20H21FN2O5.C20H19FN2O5.C3H9N.C2HF3O.CH4.2CH3.BH4.Pd.H2/c1-34-16-15-29-13-14-30-17-22(23(31)12-9-19-7-10-21(28)11-8-19)25(32)26(24(30)27(29)33)35-18-20-5-3-2-4-6-20;1-32-25(31)22-24(33-16-18-5-3-2-4-6-18)23(30)20(15-27(22)13-14-28)21(29)12-9-17-7-10-19(26)11-8-17;2*1-28-11-10-22-8-9-23-12-15(18(25)19(26)17(23)20(22)27)16(24)7-4-13-2-5-14(21)6-3-13;1-2-3-4;3-2(4,5)1-6;;;;;;/h2-8,10-11,13-14,17H,9,12,15-16,18H2,1H3;2-8,10-11,14-15H,9,12-13,16H2,1H3;2-3,5-6,12,26H,4,7-11H2,1H3;2-3,5-6,8-9,12,26H,4,7,10-11H2,1H3;2-4H2,1H3;1H;1H4;2*1H3;1H4;;1H/q;;;;;;;3*-1;;. The van der Waals surface area contributed by atoms with Crippen molar-refractivity contribution in [1.29, 1.82) is 0 Å². The van der Waals surface area contributed by atoms with Gasteiger partial charge in [-0.3, -0.25) is 57.5 Å². The van der Waals surface area contributed by atoms with Crippen molar-refractivity contribution in [3.63, 3.8) is 0 Å². The number of benzene rings is 6. The Morgan fingerprint density at radius 1 is 0.460 bits per heavy atom. The summed E-state index contributed by atoms with van der Waals surface area (Å²) in [6, 6.07) is 41.2. The van der Waals surface area contributed by atoms with E-state index in [-0.39, 0.29) is 196 Å². The molecule has 12 aromatic rings. The number of Topliss-reactive ketones (excluding diaryl/α,β-unsaturated/α-hetero) is 4. The number of aryl methyl sites for hydroxylation is 4. The summed E-state index contributed by atoms with van der Waals surface area (Å²) >= 11 is 0. The van der Waals surface area contributed by atoms with Gasteiger partial charge in [0.15, 0.2) is 68.6 Å². The van der Waals surface area contributed by atoms with Crippen molar-refractivity contribution in [1.82, 2.24) is 32.0 Å². The maximum absolute atomic E-state index is 13.4. The average Bonchev–Trinajstić information content (AvgIpc) is 0.751. The van der Waals surface area contributed by atoms with Gasteiger partial charge in [0.25, 0.3) is 17.0 Å². The largest absolute Gasteiger partial charge is 0.503 e. The van der Waals surface area contributed by atoms with Gasteiger partial charge >= 0.3 is 12.1 Å². The molecule has 0 radical (unpaired) electrons. The topological polar surface area (TPSA) is 393 Å². The Hall–Kier alpha value is -14.2. The van der Waals surface area contributed by atoms with E-state index in [1.807, 2.05) is 36.4 Å². The van der Waals surface area contributed by atoms with Gasteiger partial charge in [-0.1, -0.05) is 132 Å². The fourth-order valence-corrected chi connectivity index (χ4v) is 13.1. The molecule has 6 aromatic heterocycles. The predicted octanol–water partition coefficient (Wildman–Crippen LogP) is 11.8. The van der Waals surface area contributed by atoms with E-state index in [0.717, 1.165) is 53.5 Å². The number of carbonyl (C=O) groups is 8. The van der Waals surface area contributed by atoms with Crippen LogP contribution in [0.3, 0.4) is 0 Å². The zero-order valence-electron chi connectivity index (χ0n) is 75.9. The first-order valence-corrected chi connectivity index (χ1v) is 41.7. The van der Waals surface area contributed by atoms with Gasteiger partial charge < -0.3 is 96.0 Å². The second-order valence-electron chi connectivity index (χ2n) is 29.6. The van der Waals surface area contributed by atoms with Crippen molar-refractivity contribution in [2.45, 2.75) is 118 Å².